The van der Waals surface area contributed by atoms with Crippen LogP contribution in [0.5, 0.6) is 5.75 Å². The van der Waals surface area contributed by atoms with Crippen LogP contribution in [-0.2, 0) is 4.79 Å². The Hall–Kier alpha value is -2.70. The van der Waals surface area contributed by atoms with Crippen molar-refractivity contribution in [3.05, 3.63) is 48.3 Å². The van der Waals surface area contributed by atoms with Crippen molar-refractivity contribution in [2.24, 2.45) is 5.92 Å². The van der Waals surface area contributed by atoms with Gasteiger partial charge in [0, 0.05) is 28.6 Å². The van der Waals surface area contributed by atoms with Gasteiger partial charge in [-0.1, -0.05) is 18.6 Å². The Morgan fingerprint density at radius 1 is 1.13 bits per heavy atom. The number of aromatic hydroxyl groups is 1. The Kier molecular flexibility index (Phi) is 5.74. The van der Waals surface area contributed by atoms with E-state index in [-0.39, 0.29) is 23.5 Å². The van der Waals surface area contributed by atoms with Gasteiger partial charge in [0.05, 0.1) is 23.4 Å². The van der Waals surface area contributed by atoms with Gasteiger partial charge < -0.3 is 15.4 Å². The molecule has 0 aliphatic carbocycles. The number of aromatic nitrogens is 2. The van der Waals surface area contributed by atoms with Gasteiger partial charge in [-0.3, -0.25) is 14.7 Å². The number of nitrogens with zero attached hydrogens (tertiary/aromatic N) is 2. The van der Waals surface area contributed by atoms with Crippen molar-refractivity contribution in [2.45, 2.75) is 38.1 Å². The zero-order valence-electron chi connectivity index (χ0n) is 17.8. The molecule has 2 fully saturated rings. The van der Waals surface area contributed by atoms with Crippen molar-refractivity contribution in [1.29, 1.82) is 0 Å². The minimum absolute atomic E-state index is 0.0513. The first-order valence-corrected chi connectivity index (χ1v) is 11.5. The molecular weight excluding hydrogens is 388 g/mol. The van der Waals surface area contributed by atoms with Gasteiger partial charge in [0.15, 0.2) is 5.78 Å². The highest BCUT2D eigenvalue weighted by Crippen LogP contribution is 2.40. The molecular formula is C25H30N4O2. The van der Waals surface area contributed by atoms with E-state index in [2.05, 4.69) is 20.2 Å². The Bertz CT molecular complexity index is 1030. The van der Waals surface area contributed by atoms with E-state index in [1.54, 1.807) is 12.4 Å². The van der Waals surface area contributed by atoms with Gasteiger partial charge in [-0.15, -0.1) is 0 Å². The summed E-state index contributed by atoms with van der Waals surface area (Å²) in [6.45, 7) is 3.59. The molecule has 0 amide bonds. The van der Waals surface area contributed by atoms with Gasteiger partial charge in [-0.25, -0.2) is 0 Å². The monoisotopic (exact) mass is 418 g/mol. The maximum absolute atomic E-state index is 13.7. The quantitative estimate of drug-likeness (QED) is 0.583. The summed E-state index contributed by atoms with van der Waals surface area (Å²) in [4.78, 5) is 23.6. The lowest BCUT2D eigenvalue weighted by Gasteiger charge is -2.37. The second-order valence-electron chi connectivity index (χ2n) is 8.82. The predicted octanol–water partition coefficient (Wildman–Crippen LogP) is 4.03. The third-order valence-corrected chi connectivity index (χ3v) is 6.84. The lowest BCUT2D eigenvalue weighted by molar-refractivity contribution is -0.129. The molecule has 2 saturated heterocycles. The van der Waals surface area contributed by atoms with Crippen molar-refractivity contribution >= 4 is 16.7 Å². The summed E-state index contributed by atoms with van der Waals surface area (Å²) in [5.41, 5.74) is 3.24. The lowest BCUT2D eigenvalue weighted by Crippen LogP contribution is -2.42. The SMILES string of the molecule is O=C(C1CCNCC1)C(c1cccc(-c2cc3ccncc3[nH]2)c1O)N1CCCCC1. The Balaban J connectivity index is 1.55. The first kappa shape index (κ1) is 20.2. The molecule has 5 rings (SSSR count). The molecule has 1 atom stereocenters. The maximum Gasteiger partial charge on any atom is 0.157 e. The Labute approximate surface area is 182 Å². The number of fused-ring (bicyclic) bond motifs is 1. The highest BCUT2D eigenvalue weighted by molar-refractivity contribution is 5.90. The van der Waals surface area contributed by atoms with E-state index in [0.29, 0.717) is 0 Å². The van der Waals surface area contributed by atoms with Crippen LogP contribution in [0.15, 0.2) is 42.7 Å². The number of aromatic amines is 1. The number of carbonyl (C=O) groups excluding carboxylic acids is 1. The molecule has 0 bridgehead atoms. The smallest absolute Gasteiger partial charge is 0.157 e. The summed E-state index contributed by atoms with van der Waals surface area (Å²) in [5, 5.41) is 15.8. The van der Waals surface area contributed by atoms with Crippen LogP contribution in [0.3, 0.4) is 0 Å². The number of pyridine rings is 1. The summed E-state index contributed by atoms with van der Waals surface area (Å²) < 4.78 is 0. The highest BCUT2D eigenvalue weighted by Gasteiger charge is 2.36. The molecule has 0 radical (unpaired) electrons. The first-order chi connectivity index (χ1) is 15.2. The summed E-state index contributed by atoms with van der Waals surface area (Å²) in [6, 6.07) is 9.41. The van der Waals surface area contributed by atoms with E-state index in [0.717, 1.165) is 79.6 Å². The Morgan fingerprint density at radius 2 is 1.94 bits per heavy atom. The number of phenols is 1. The van der Waals surface area contributed by atoms with E-state index >= 15 is 0 Å². The van der Waals surface area contributed by atoms with Crippen LogP contribution < -0.4 is 5.32 Å². The number of ketones is 1. The summed E-state index contributed by atoms with van der Waals surface area (Å²) in [5.74, 6) is 0.520. The van der Waals surface area contributed by atoms with Crippen molar-refractivity contribution < 1.29 is 9.90 Å². The summed E-state index contributed by atoms with van der Waals surface area (Å²) >= 11 is 0. The van der Waals surface area contributed by atoms with Crippen molar-refractivity contribution in [1.82, 2.24) is 20.2 Å². The fraction of sp³-hybridized carbons (Fsp3) is 0.440. The maximum atomic E-state index is 13.7. The average molecular weight is 419 g/mol. The molecule has 3 N–H and O–H groups in total. The molecule has 162 valence electrons. The summed E-state index contributed by atoms with van der Waals surface area (Å²) in [7, 11) is 0. The number of para-hydroxylation sites is 1. The van der Waals surface area contributed by atoms with Gasteiger partial charge >= 0.3 is 0 Å². The van der Waals surface area contributed by atoms with E-state index in [4.69, 9.17) is 0 Å². The Morgan fingerprint density at radius 3 is 2.71 bits per heavy atom. The van der Waals surface area contributed by atoms with Crippen molar-refractivity contribution in [2.75, 3.05) is 26.2 Å². The molecule has 1 aromatic carbocycles. The molecule has 1 unspecified atom stereocenters. The normalized spacial score (nSPS) is 19.5. The van der Waals surface area contributed by atoms with E-state index in [1.165, 1.54) is 6.42 Å². The van der Waals surface area contributed by atoms with Gasteiger partial charge in [0.1, 0.15) is 5.75 Å². The number of Topliss-reactive ketones (excluding diaryl/α,β-unsaturated/α-hetero) is 1. The molecule has 0 saturated carbocycles. The third kappa shape index (κ3) is 3.98. The van der Waals surface area contributed by atoms with E-state index in [1.807, 2.05) is 30.3 Å². The van der Waals surface area contributed by atoms with E-state index in [9.17, 15) is 9.90 Å². The molecule has 3 aromatic rings. The minimum Gasteiger partial charge on any atom is -0.507 e. The van der Waals surface area contributed by atoms with Crippen molar-refractivity contribution in [3.8, 4) is 17.0 Å². The number of piperidine rings is 2. The number of benzene rings is 1. The van der Waals surface area contributed by atoms with Crippen LogP contribution in [0, 0.1) is 5.92 Å². The molecule has 2 aliphatic rings. The van der Waals surface area contributed by atoms with Crippen LogP contribution in [0.1, 0.15) is 43.7 Å². The fourth-order valence-electron chi connectivity index (χ4n) is 5.15. The largest absolute Gasteiger partial charge is 0.507 e. The molecule has 2 aliphatic heterocycles. The van der Waals surface area contributed by atoms with Crippen LogP contribution in [-0.4, -0.2) is 51.9 Å². The molecule has 31 heavy (non-hydrogen) atoms. The van der Waals surface area contributed by atoms with Crippen LogP contribution >= 0.6 is 0 Å². The lowest BCUT2D eigenvalue weighted by atomic mass is 9.84. The van der Waals surface area contributed by atoms with Crippen LogP contribution in [0.25, 0.3) is 22.2 Å². The van der Waals surface area contributed by atoms with Gasteiger partial charge in [-0.05, 0) is 70.1 Å². The average Bonchev–Trinajstić information content (AvgIpc) is 3.25. The van der Waals surface area contributed by atoms with Crippen LogP contribution in [0.2, 0.25) is 0 Å². The number of carbonyl (C=O) groups is 1. The number of hydrogen-bond acceptors (Lipinski definition) is 5. The van der Waals surface area contributed by atoms with Gasteiger partial charge in [0.25, 0.3) is 0 Å². The molecule has 0 spiro atoms. The second-order valence-corrected chi connectivity index (χ2v) is 8.82. The number of nitrogens with one attached hydrogen (secondary N) is 2. The van der Waals surface area contributed by atoms with Gasteiger partial charge in [0.2, 0.25) is 0 Å². The molecule has 6 heteroatoms. The minimum atomic E-state index is -0.380. The van der Waals surface area contributed by atoms with Gasteiger partial charge in [-0.2, -0.15) is 0 Å². The second kappa shape index (κ2) is 8.81. The topological polar surface area (TPSA) is 81.2 Å². The summed E-state index contributed by atoms with van der Waals surface area (Å²) in [6.07, 6.45) is 8.71. The first-order valence-electron chi connectivity index (χ1n) is 11.5. The number of phenolic OH excluding ortho intramolecular Hbond substituents is 1. The van der Waals surface area contributed by atoms with Crippen LogP contribution in [0.4, 0.5) is 0 Å². The zero-order chi connectivity index (χ0) is 21.2. The molecule has 2 aromatic heterocycles. The fourth-order valence-corrected chi connectivity index (χ4v) is 5.15. The third-order valence-electron chi connectivity index (χ3n) is 6.84. The van der Waals surface area contributed by atoms with Crippen molar-refractivity contribution in [3.63, 3.8) is 0 Å². The predicted molar refractivity (Wildman–Crippen MR) is 122 cm³/mol. The highest BCUT2D eigenvalue weighted by atomic mass is 16.3. The number of likely N-dealkylation sites (tertiary alicyclic amines) is 1. The number of rotatable bonds is 5. The number of H-pyrrole nitrogens is 1. The number of hydrogen-bond donors (Lipinski definition) is 3. The zero-order valence-corrected chi connectivity index (χ0v) is 17.8. The molecule has 6 nitrogen and oxygen atoms in total. The van der Waals surface area contributed by atoms with E-state index < -0.39 is 0 Å². The standard InChI is InChI=1S/C25H30N4O2/c30-24(17-7-10-26-11-8-17)23(29-13-2-1-3-14-29)20-6-4-5-19(25(20)31)21-15-18-9-12-27-16-22(18)28-21/h4-6,9,12,15-17,23,26,28,31H,1-3,7-8,10-11,13-14H2. The molecule has 4 heterocycles.